The Kier molecular flexibility index (Phi) is 8.07. The number of carbonyl (C=O) groups excluding carboxylic acids is 2. The molecule has 0 aliphatic rings. The van der Waals surface area contributed by atoms with E-state index in [1.165, 1.54) is 46.8 Å². The predicted molar refractivity (Wildman–Crippen MR) is 126 cm³/mol. The minimum Gasteiger partial charge on any atom is -0.493 e. The summed E-state index contributed by atoms with van der Waals surface area (Å²) in [5.74, 6) is 0.695. The van der Waals surface area contributed by atoms with Crippen molar-refractivity contribution in [2.45, 2.75) is 0 Å². The Bertz CT molecular complexity index is 1170. The van der Waals surface area contributed by atoms with Crippen molar-refractivity contribution in [3.05, 3.63) is 77.4 Å². The normalized spacial score (nSPS) is 10.5. The van der Waals surface area contributed by atoms with E-state index in [4.69, 9.17) is 23.7 Å². The standard InChI is InChI=1S/C25H24N2O7/c1-30-20-12-16(10-11-19(20)34-25(29)17-8-6-5-7-9-17)15-26-27-24(28)18-13-21(31-2)23(33-4)22(14-18)32-3/h5-15H,1-4H3,(H,27,28). The molecule has 0 atom stereocenters. The maximum absolute atomic E-state index is 12.5. The topological polar surface area (TPSA) is 105 Å². The zero-order chi connectivity index (χ0) is 24.5. The van der Waals surface area contributed by atoms with Crippen LogP contribution in [0.25, 0.3) is 0 Å². The quantitative estimate of drug-likeness (QED) is 0.223. The van der Waals surface area contributed by atoms with E-state index in [0.29, 0.717) is 34.1 Å². The van der Waals surface area contributed by atoms with Crippen LogP contribution in [-0.4, -0.2) is 46.5 Å². The Balaban J connectivity index is 1.71. The molecule has 0 saturated heterocycles. The van der Waals surface area contributed by atoms with Gasteiger partial charge in [-0.2, -0.15) is 5.10 Å². The Morgan fingerprint density at radius 3 is 1.97 bits per heavy atom. The van der Waals surface area contributed by atoms with Gasteiger partial charge in [0.15, 0.2) is 23.0 Å². The third kappa shape index (κ3) is 5.63. The highest BCUT2D eigenvalue weighted by Gasteiger charge is 2.17. The van der Waals surface area contributed by atoms with Crippen LogP contribution in [0.1, 0.15) is 26.3 Å². The summed E-state index contributed by atoms with van der Waals surface area (Å²) >= 11 is 0. The highest BCUT2D eigenvalue weighted by atomic mass is 16.6. The summed E-state index contributed by atoms with van der Waals surface area (Å²) in [7, 11) is 5.87. The maximum atomic E-state index is 12.5. The number of esters is 1. The second kappa shape index (κ2) is 11.4. The van der Waals surface area contributed by atoms with E-state index in [2.05, 4.69) is 10.5 Å². The summed E-state index contributed by atoms with van der Waals surface area (Å²) in [4.78, 5) is 24.8. The molecule has 0 spiro atoms. The first-order chi connectivity index (χ1) is 16.5. The fraction of sp³-hybridized carbons (Fsp3) is 0.160. The van der Waals surface area contributed by atoms with Crippen LogP contribution in [0.15, 0.2) is 65.8 Å². The number of rotatable bonds is 9. The summed E-state index contributed by atoms with van der Waals surface area (Å²) in [5.41, 5.74) is 3.75. The number of methoxy groups -OCH3 is 4. The number of amides is 1. The van der Waals surface area contributed by atoms with Gasteiger partial charge in [-0.25, -0.2) is 10.2 Å². The van der Waals surface area contributed by atoms with Gasteiger partial charge in [0.25, 0.3) is 5.91 Å². The van der Waals surface area contributed by atoms with E-state index in [1.807, 2.05) is 6.07 Å². The van der Waals surface area contributed by atoms with Gasteiger partial charge in [-0.05, 0) is 48.0 Å². The predicted octanol–water partition coefficient (Wildman–Crippen LogP) is 3.70. The number of benzene rings is 3. The molecule has 34 heavy (non-hydrogen) atoms. The van der Waals surface area contributed by atoms with Crippen molar-refractivity contribution >= 4 is 18.1 Å². The smallest absolute Gasteiger partial charge is 0.343 e. The summed E-state index contributed by atoms with van der Waals surface area (Å²) < 4.78 is 26.5. The van der Waals surface area contributed by atoms with Crippen LogP contribution in [-0.2, 0) is 0 Å². The third-order valence-corrected chi connectivity index (χ3v) is 4.71. The highest BCUT2D eigenvalue weighted by molar-refractivity contribution is 5.96. The Hall–Kier alpha value is -4.53. The molecule has 3 aromatic carbocycles. The Morgan fingerprint density at radius 2 is 1.38 bits per heavy atom. The minimum absolute atomic E-state index is 0.259. The highest BCUT2D eigenvalue weighted by Crippen LogP contribution is 2.38. The zero-order valence-corrected chi connectivity index (χ0v) is 19.2. The van der Waals surface area contributed by atoms with Crippen LogP contribution in [0, 0.1) is 0 Å². The van der Waals surface area contributed by atoms with Gasteiger partial charge in [0.2, 0.25) is 5.75 Å². The molecule has 1 amide bonds. The van der Waals surface area contributed by atoms with E-state index in [-0.39, 0.29) is 11.3 Å². The fourth-order valence-electron chi connectivity index (χ4n) is 3.02. The summed E-state index contributed by atoms with van der Waals surface area (Å²) in [6, 6.07) is 16.6. The first-order valence-electron chi connectivity index (χ1n) is 10.1. The first-order valence-corrected chi connectivity index (χ1v) is 10.1. The van der Waals surface area contributed by atoms with Crippen LogP contribution in [0.5, 0.6) is 28.7 Å². The van der Waals surface area contributed by atoms with Crippen LogP contribution in [0.2, 0.25) is 0 Å². The van der Waals surface area contributed by atoms with Crippen LogP contribution in [0.4, 0.5) is 0 Å². The molecule has 1 N–H and O–H groups in total. The van der Waals surface area contributed by atoms with E-state index < -0.39 is 11.9 Å². The lowest BCUT2D eigenvalue weighted by Gasteiger charge is -2.13. The zero-order valence-electron chi connectivity index (χ0n) is 19.2. The molecule has 0 radical (unpaired) electrons. The largest absolute Gasteiger partial charge is 0.493 e. The molecule has 0 saturated carbocycles. The molecule has 176 valence electrons. The van der Waals surface area contributed by atoms with Crippen molar-refractivity contribution in [3.63, 3.8) is 0 Å². The third-order valence-electron chi connectivity index (χ3n) is 4.71. The van der Waals surface area contributed by atoms with Gasteiger partial charge in [-0.1, -0.05) is 18.2 Å². The van der Waals surface area contributed by atoms with Gasteiger partial charge in [0, 0.05) is 5.56 Å². The molecule has 0 unspecified atom stereocenters. The maximum Gasteiger partial charge on any atom is 0.343 e. The Labute approximate surface area is 196 Å². The van der Waals surface area contributed by atoms with Gasteiger partial charge >= 0.3 is 5.97 Å². The van der Waals surface area contributed by atoms with E-state index in [9.17, 15) is 9.59 Å². The summed E-state index contributed by atoms with van der Waals surface area (Å²) in [6.07, 6.45) is 1.43. The molecular formula is C25H24N2O7. The van der Waals surface area contributed by atoms with Gasteiger partial charge < -0.3 is 23.7 Å². The number of hydrogen-bond donors (Lipinski definition) is 1. The van der Waals surface area contributed by atoms with E-state index in [1.54, 1.807) is 42.5 Å². The van der Waals surface area contributed by atoms with Gasteiger partial charge in [-0.3, -0.25) is 4.79 Å². The molecule has 3 aromatic rings. The number of hydrazone groups is 1. The van der Waals surface area contributed by atoms with Crippen molar-refractivity contribution in [2.75, 3.05) is 28.4 Å². The lowest BCUT2D eigenvalue weighted by Crippen LogP contribution is -2.18. The summed E-state index contributed by atoms with van der Waals surface area (Å²) in [6.45, 7) is 0. The molecular weight excluding hydrogens is 440 g/mol. The van der Waals surface area contributed by atoms with Gasteiger partial charge in [0.1, 0.15) is 0 Å². The monoisotopic (exact) mass is 464 g/mol. The summed E-state index contributed by atoms with van der Waals surface area (Å²) in [5, 5.41) is 3.98. The van der Waals surface area contributed by atoms with Crippen molar-refractivity contribution in [3.8, 4) is 28.7 Å². The van der Waals surface area contributed by atoms with E-state index >= 15 is 0 Å². The average molecular weight is 464 g/mol. The Morgan fingerprint density at radius 1 is 0.735 bits per heavy atom. The average Bonchev–Trinajstić information content (AvgIpc) is 2.88. The molecule has 0 heterocycles. The minimum atomic E-state index is -0.502. The number of nitrogens with zero attached hydrogens (tertiary/aromatic N) is 1. The molecule has 0 aliphatic carbocycles. The fourth-order valence-corrected chi connectivity index (χ4v) is 3.02. The second-order valence-electron chi connectivity index (χ2n) is 6.78. The molecule has 9 heteroatoms. The van der Waals surface area contributed by atoms with E-state index in [0.717, 1.165) is 0 Å². The SMILES string of the molecule is COc1cc(C=NNC(=O)c2cc(OC)c(OC)c(OC)c2)ccc1OC(=O)c1ccccc1. The number of hydrogen-bond acceptors (Lipinski definition) is 8. The molecule has 3 rings (SSSR count). The molecule has 0 aliphatic heterocycles. The van der Waals surface area contributed by atoms with Crippen LogP contribution >= 0.6 is 0 Å². The number of carbonyl (C=O) groups is 2. The lowest BCUT2D eigenvalue weighted by atomic mass is 10.1. The lowest BCUT2D eigenvalue weighted by molar-refractivity contribution is 0.0729. The molecule has 9 nitrogen and oxygen atoms in total. The van der Waals surface area contributed by atoms with Gasteiger partial charge in [0.05, 0.1) is 40.2 Å². The van der Waals surface area contributed by atoms with Crippen molar-refractivity contribution in [2.24, 2.45) is 5.10 Å². The molecule has 0 fully saturated rings. The van der Waals surface area contributed by atoms with Gasteiger partial charge in [-0.15, -0.1) is 0 Å². The number of ether oxygens (including phenoxy) is 5. The molecule has 0 bridgehead atoms. The number of nitrogens with one attached hydrogen (secondary N) is 1. The van der Waals surface area contributed by atoms with Crippen LogP contribution < -0.4 is 29.1 Å². The van der Waals surface area contributed by atoms with Crippen molar-refractivity contribution in [1.29, 1.82) is 0 Å². The second-order valence-corrected chi connectivity index (χ2v) is 6.78. The van der Waals surface area contributed by atoms with Crippen molar-refractivity contribution in [1.82, 2.24) is 5.43 Å². The molecule has 0 aromatic heterocycles. The van der Waals surface area contributed by atoms with Crippen molar-refractivity contribution < 1.29 is 33.3 Å². The first kappa shape index (κ1) is 24.1. The van der Waals surface area contributed by atoms with Crippen LogP contribution in [0.3, 0.4) is 0 Å².